The lowest BCUT2D eigenvalue weighted by Crippen LogP contribution is -2.30. The Balaban J connectivity index is 2.16. The Kier molecular flexibility index (Phi) is 5.14. The fourth-order valence-electron chi connectivity index (χ4n) is 2.09. The van der Waals surface area contributed by atoms with Crippen LogP contribution < -0.4 is 5.32 Å². The number of carbonyl (C=O) groups is 1. The highest BCUT2D eigenvalue weighted by Gasteiger charge is 2.22. The summed E-state index contributed by atoms with van der Waals surface area (Å²) in [6.45, 7) is 5.86. The molecule has 0 aliphatic carbocycles. The lowest BCUT2D eigenvalue weighted by Gasteiger charge is -2.14. The van der Waals surface area contributed by atoms with Crippen LogP contribution in [0.15, 0.2) is 22.8 Å². The number of aliphatic hydroxyl groups excluding tert-OH is 1. The first-order chi connectivity index (χ1) is 10.0. The molecule has 0 saturated carbocycles. The molecule has 0 bridgehead atoms. The minimum absolute atomic E-state index is 0.212. The van der Waals surface area contributed by atoms with Crippen LogP contribution in [0.25, 0.3) is 0 Å². The molecule has 2 rings (SSSR count). The number of aryl methyl sites for hydroxylation is 1. The lowest BCUT2D eigenvalue weighted by molar-refractivity contribution is 0.0910. The van der Waals surface area contributed by atoms with Crippen LogP contribution >= 0.6 is 11.3 Å². The summed E-state index contributed by atoms with van der Waals surface area (Å²) in [4.78, 5) is 17.5. The third-order valence-electron chi connectivity index (χ3n) is 2.99. The van der Waals surface area contributed by atoms with E-state index in [4.69, 9.17) is 4.42 Å². The molecule has 1 amide bonds. The van der Waals surface area contributed by atoms with E-state index in [1.165, 1.54) is 17.6 Å². The number of amides is 1. The predicted molar refractivity (Wildman–Crippen MR) is 81.4 cm³/mol. The van der Waals surface area contributed by atoms with Crippen LogP contribution in [-0.4, -0.2) is 22.6 Å². The summed E-state index contributed by atoms with van der Waals surface area (Å²) in [6, 6.07) is 2.92. The zero-order valence-corrected chi connectivity index (χ0v) is 13.2. The number of hydrogen-bond donors (Lipinski definition) is 2. The third-order valence-corrected chi connectivity index (χ3v) is 4.00. The van der Waals surface area contributed by atoms with Gasteiger partial charge in [-0.3, -0.25) is 4.79 Å². The van der Waals surface area contributed by atoms with Gasteiger partial charge in [0.15, 0.2) is 0 Å². The summed E-state index contributed by atoms with van der Waals surface area (Å²) in [6.07, 6.45) is 2.28. The van der Waals surface area contributed by atoms with Crippen molar-refractivity contribution in [2.45, 2.75) is 33.2 Å². The molecule has 1 unspecified atom stereocenters. The molecule has 6 heteroatoms. The van der Waals surface area contributed by atoms with Crippen LogP contribution in [0, 0.1) is 12.8 Å². The van der Waals surface area contributed by atoms with Crippen molar-refractivity contribution >= 4 is 17.2 Å². The van der Waals surface area contributed by atoms with Crippen molar-refractivity contribution in [3.63, 3.8) is 0 Å². The van der Waals surface area contributed by atoms with Gasteiger partial charge in [0, 0.05) is 0 Å². The maximum atomic E-state index is 12.4. The lowest BCUT2D eigenvalue weighted by atomic mass is 10.1. The Bertz CT molecular complexity index is 590. The Labute approximate surface area is 128 Å². The molecule has 1 atom stereocenters. The largest absolute Gasteiger partial charge is 0.467 e. The van der Waals surface area contributed by atoms with Crippen molar-refractivity contribution in [2.24, 2.45) is 5.92 Å². The highest BCUT2D eigenvalue weighted by Crippen LogP contribution is 2.22. The van der Waals surface area contributed by atoms with Crippen molar-refractivity contribution < 1.29 is 14.3 Å². The summed E-state index contributed by atoms with van der Waals surface area (Å²) in [7, 11) is 0. The predicted octanol–water partition coefficient (Wildman–Crippen LogP) is 2.71. The Morgan fingerprint density at radius 2 is 2.29 bits per heavy atom. The zero-order valence-electron chi connectivity index (χ0n) is 12.4. The molecule has 21 heavy (non-hydrogen) atoms. The van der Waals surface area contributed by atoms with E-state index < -0.39 is 6.04 Å². The van der Waals surface area contributed by atoms with Crippen molar-refractivity contribution in [1.29, 1.82) is 0 Å². The van der Waals surface area contributed by atoms with E-state index in [2.05, 4.69) is 24.1 Å². The van der Waals surface area contributed by atoms with E-state index in [1.807, 2.05) is 6.92 Å². The van der Waals surface area contributed by atoms with Crippen molar-refractivity contribution in [3.8, 4) is 0 Å². The van der Waals surface area contributed by atoms with Crippen molar-refractivity contribution in [3.05, 3.63) is 39.7 Å². The molecule has 0 saturated heterocycles. The van der Waals surface area contributed by atoms with Gasteiger partial charge in [-0.05, 0) is 31.4 Å². The molecular weight excluding hydrogens is 288 g/mol. The smallest absolute Gasteiger partial charge is 0.263 e. The molecule has 2 heterocycles. The second-order valence-electron chi connectivity index (χ2n) is 5.33. The highest BCUT2D eigenvalue weighted by atomic mass is 32.1. The number of nitrogens with zero attached hydrogens (tertiary/aromatic N) is 1. The van der Waals surface area contributed by atoms with Crippen LogP contribution in [0.1, 0.15) is 46.0 Å². The van der Waals surface area contributed by atoms with E-state index in [0.29, 0.717) is 16.6 Å². The van der Waals surface area contributed by atoms with E-state index in [-0.39, 0.29) is 12.5 Å². The van der Waals surface area contributed by atoms with Gasteiger partial charge in [-0.1, -0.05) is 13.8 Å². The number of carbonyl (C=O) groups excluding carboxylic acids is 1. The summed E-state index contributed by atoms with van der Waals surface area (Å²) >= 11 is 1.38. The highest BCUT2D eigenvalue weighted by molar-refractivity contribution is 7.13. The molecule has 0 fully saturated rings. The van der Waals surface area contributed by atoms with E-state index in [0.717, 1.165) is 17.1 Å². The van der Waals surface area contributed by atoms with Crippen molar-refractivity contribution in [1.82, 2.24) is 10.3 Å². The molecule has 2 N–H and O–H groups in total. The first kappa shape index (κ1) is 15.7. The van der Waals surface area contributed by atoms with E-state index in [1.54, 1.807) is 12.1 Å². The monoisotopic (exact) mass is 308 g/mol. The number of thiazole rings is 1. The summed E-state index contributed by atoms with van der Waals surface area (Å²) in [5.41, 5.74) is 0.820. The van der Waals surface area contributed by atoms with Gasteiger partial charge in [-0.15, -0.1) is 11.3 Å². The van der Waals surface area contributed by atoms with Gasteiger partial charge in [0.05, 0.1) is 23.6 Å². The first-order valence-electron chi connectivity index (χ1n) is 6.92. The number of hydrogen-bond acceptors (Lipinski definition) is 5. The van der Waals surface area contributed by atoms with Crippen LogP contribution in [0.3, 0.4) is 0 Å². The molecule has 0 aliphatic heterocycles. The quantitative estimate of drug-likeness (QED) is 0.860. The molecule has 0 spiro atoms. The van der Waals surface area contributed by atoms with Crippen LogP contribution in [0.2, 0.25) is 0 Å². The molecule has 5 nitrogen and oxygen atoms in total. The van der Waals surface area contributed by atoms with Gasteiger partial charge in [0.2, 0.25) is 0 Å². The third kappa shape index (κ3) is 3.92. The van der Waals surface area contributed by atoms with Crippen molar-refractivity contribution in [2.75, 3.05) is 6.61 Å². The molecule has 0 aliphatic rings. The molecule has 2 aromatic heterocycles. The van der Waals surface area contributed by atoms with Crippen LogP contribution in [-0.2, 0) is 6.42 Å². The summed E-state index contributed by atoms with van der Waals surface area (Å²) in [5, 5.41) is 13.1. The number of furan rings is 1. The van der Waals surface area contributed by atoms with Gasteiger partial charge in [-0.2, -0.15) is 0 Å². The normalized spacial score (nSPS) is 12.6. The number of nitrogens with one attached hydrogen (secondary N) is 1. The molecule has 2 aromatic rings. The van der Waals surface area contributed by atoms with Gasteiger partial charge in [0.25, 0.3) is 5.91 Å². The molecule has 0 aromatic carbocycles. The van der Waals surface area contributed by atoms with Crippen LogP contribution in [0.4, 0.5) is 0 Å². The van der Waals surface area contributed by atoms with E-state index >= 15 is 0 Å². The Morgan fingerprint density at radius 1 is 1.52 bits per heavy atom. The van der Waals surface area contributed by atoms with Gasteiger partial charge in [-0.25, -0.2) is 4.98 Å². The maximum absolute atomic E-state index is 12.4. The Hall–Kier alpha value is -1.66. The molecule has 114 valence electrons. The maximum Gasteiger partial charge on any atom is 0.263 e. The van der Waals surface area contributed by atoms with E-state index in [9.17, 15) is 9.90 Å². The number of rotatable bonds is 6. The number of aromatic nitrogens is 1. The zero-order chi connectivity index (χ0) is 15.4. The van der Waals surface area contributed by atoms with Gasteiger partial charge >= 0.3 is 0 Å². The van der Waals surface area contributed by atoms with Gasteiger partial charge in [0.1, 0.15) is 16.7 Å². The Morgan fingerprint density at radius 3 is 2.86 bits per heavy atom. The minimum Gasteiger partial charge on any atom is -0.467 e. The molecule has 0 radical (unpaired) electrons. The average molecular weight is 308 g/mol. The van der Waals surface area contributed by atoms with Crippen LogP contribution in [0.5, 0.6) is 0 Å². The summed E-state index contributed by atoms with van der Waals surface area (Å²) < 4.78 is 5.24. The average Bonchev–Trinajstić information content (AvgIpc) is 3.05. The minimum atomic E-state index is -0.540. The topological polar surface area (TPSA) is 75.4 Å². The molecular formula is C15H20N2O3S. The second-order valence-corrected chi connectivity index (χ2v) is 6.53. The first-order valence-corrected chi connectivity index (χ1v) is 7.74. The van der Waals surface area contributed by atoms with Gasteiger partial charge < -0.3 is 14.8 Å². The number of aliphatic hydroxyl groups is 1. The second kappa shape index (κ2) is 6.87. The SMILES string of the molecule is Cc1nc(CC(C)C)c(C(=O)NC(CO)c2ccco2)s1. The standard InChI is InChI=1S/C15H20N2O3S/c1-9(2)7-11-14(21-10(3)16-11)15(19)17-12(8-18)13-5-4-6-20-13/h4-6,9,12,18H,7-8H2,1-3H3,(H,17,19). The fraction of sp³-hybridized carbons (Fsp3) is 0.467. The summed E-state index contributed by atoms with van der Waals surface area (Å²) in [5.74, 6) is 0.751. The fourth-order valence-corrected chi connectivity index (χ4v) is 2.94.